The molecule has 1 saturated heterocycles. The topological polar surface area (TPSA) is 65.1 Å². The number of carbonyl (C=O) groups excluding carboxylic acids is 2. The van der Waals surface area contributed by atoms with E-state index in [9.17, 15) is 9.59 Å². The Balaban J connectivity index is 2.31. The summed E-state index contributed by atoms with van der Waals surface area (Å²) in [5, 5.41) is 0. The fraction of sp³-hybridized carbons (Fsp3) is 0.957. The van der Waals surface area contributed by atoms with Crippen LogP contribution in [-0.4, -0.2) is 62.9 Å². The standard InChI is InChI=1S/C46H89NO5/c1-5-8-11-14-17-20-29-37-51-45(48)34-27-21-23-30-42-39-43(41-47(40-42)36-38-50-4)31-24-22-28-35-46(49)52-44(32-25-18-15-12-9-6-2)33-26-19-16-13-10-7-3/h42-44H,5-41H2,1-4H3. The highest BCUT2D eigenvalue weighted by Gasteiger charge is 2.26. The zero-order valence-electron chi connectivity index (χ0n) is 35.4. The monoisotopic (exact) mass is 736 g/mol. The Morgan fingerprint density at radius 3 is 1.48 bits per heavy atom. The molecule has 0 aliphatic carbocycles. The molecule has 0 amide bonds. The van der Waals surface area contributed by atoms with E-state index >= 15 is 0 Å². The predicted octanol–water partition coefficient (Wildman–Crippen LogP) is 13.2. The van der Waals surface area contributed by atoms with E-state index in [4.69, 9.17) is 14.2 Å². The molecule has 6 heteroatoms. The van der Waals surface area contributed by atoms with Gasteiger partial charge in [-0.2, -0.15) is 0 Å². The highest BCUT2D eigenvalue weighted by molar-refractivity contribution is 5.69. The molecular weight excluding hydrogens is 647 g/mol. The van der Waals surface area contributed by atoms with Crippen LogP contribution in [0.4, 0.5) is 0 Å². The van der Waals surface area contributed by atoms with Gasteiger partial charge in [0.1, 0.15) is 6.10 Å². The van der Waals surface area contributed by atoms with Crippen LogP contribution in [0.2, 0.25) is 0 Å². The van der Waals surface area contributed by atoms with Gasteiger partial charge in [0.15, 0.2) is 0 Å². The van der Waals surface area contributed by atoms with Crippen molar-refractivity contribution in [3.8, 4) is 0 Å². The van der Waals surface area contributed by atoms with Crippen LogP contribution >= 0.6 is 0 Å². The molecule has 2 unspecified atom stereocenters. The first-order chi connectivity index (χ1) is 25.5. The highest BCUT2D eigenvalue weighted by Crippen LogP contribution is 2.30. The van der Waals surface area contributed by atoms with Gasteiger partial charge in [-0.05, 0) is 76.0 Å². The van der Waals surface area contributed by atoms with Gasteiger partial charge in [0.05, 0.1) is 13.2 Å². The summed E-state index contributed by atoms with van der Waals surface area (Å²) in [6.07, 6.45) is 37.8. The molecule has 1 heterocycles. The zero-order valence-corrected chi connectivity index (χ0v) is 35.4. The predicted molar refractivity (Wildman–Crippen MR) is 221 cm³/mol. The maximum atomic E-state index is 12.9. The maximum Gasteiger partial charge on any atom is 0.306 e. The largest absolute Gasteiger partial charge is 0.466 e. The summed E-state index contributed by atoms with van der Waals surface area (Å²) in [5.41, 5.74) is 0. The van der Waals surface area contributed by atoms with E-state index in [0.29, 0.717) is 19.4 Å². The second-order valence-corrected chi connectivity index (χ2v) is 16.5. The number of rotatable bonds is 38. The van der Waals surface area contributed by atoms with Gasteiger partial charge in [0, 0.05) is 39.6 Å². The van der Waals surface area contributed by atoms with Gasteiger partial charge < -0.3 is 19.1 Å². The van der Waals surface area contributed by atoms with E-state index in [-0.39, 0.29) is 18.0 Å². The number of piperidine rings is 1. The van der Waals surface area contributed by atoms with Crippen molar-refractivity contribution < 1.29 is 23.8 Å². The van der Waals surface area contributed by atoms with E-state index in [1.54, 1.807) is 7.11 Å². The van der Waals surface area contributed by atoms with Gasteiger partial charge in [-0.1, -0.05) is 149 Å². The minimum Gasteiger partial charge on any atom is -0.466 e. The molecule has 0 bridgehead atoms. The lowest BCUT2D eigenvalue weighted by Crippen LogP contribution is -2.42. The van der Waals surface area contributed by atoms with Crippen LogP contribution in [0.5, 0.6) is 0 Å². The van der Waals surface area contributed by atoms with Gasteiger partial charge in [0.2, 0.25) is 0 Å². The molecular formula is C46H89NO5. The molecule has 0 aromatic carbocycles. The van der Waals surface area contributed by atoms with Crippen molar-refractivity contribution in [1.82, 2.24) is 4.90 Å². The van der Waals surface area contributed by atoms with Crippen LogP contribution in [0.1, 0.15) is 226 Å². The molecule has 0 aromatic heterocycles. The Labute approximate surface area is 324 Å². The van der Waals surface area contributed by atoms with Crippen LogP contribution in [0.3, 0.4) is 0 Å². The lowest BCUT2D eigenvalue weighted by molar-refractivity contribution is -0.150. The third-order valence-electron chi connectivity index (χ3n) is 11.4. The average Bonchev–Trinajstić information content (AvgIpc) is 3.14. The second-order valence-electron chi connectivity index (χ2n) is 16.5. The summed E-state index contributed by atoms with van der Waals surface area (Å²) in [6.45, 7) is 11.5. The summed E-state index contributed by atoms with van der Waals surface area (Å²) in [6, 6.07) is 0. The van der Waals surface area contributed by atoms with Crippen LogP contribution in [-0.2, 0) is 23.8 Å². The Bertz CT molecular complexity index is 775. The third kappa shape index (κ3) is 30.2. The first-order valence-corrected chi connectivity index (χ1v) is 23.1. The van der Waals surface area contributed by atoms with Crippen molar-refractivity contribution in [3.63, 3.8) is 0 Å². The minimum atomic E-state index is -0.0103. The van der Waals surface area contributed by atoms with Crippen molar-refractivity contribution in [2.45, 2.75) is 232 Å². The van der Waals surface area contributed by atoms with Crippen molar-refractivity contribution in [2.75, 3.05) is 40.0 Å². The summed E-state index contributed by atoms with van der Waals surface area (Å²) in [4.78, 5) is 27.7. The highest BCUT2D eigenvalue weighted by atomic mass is 16.5. The van der Waals surface area contributed by atoms with Gasteiger partial charge >= 0.3 is 11.9 Å². The Morgan fingerprint density at radius 1 is 0.538 bits per heavy atom. The van der Waals surface area contributed by atoms with Crippen molar-refractivity contribution in [3.05, 3.63) is 0 Å². The number of ether oxygens (including phenoxy) is 3. The Hall–Kier alpha value is -1.14. The SMILES string of the molecule is CCCCCCCCCOC(=O)CCCCCC1CC(CCCCCC(=O)OC(CCCCCCCC)CCCCCCCC)CN(CCOC)C1. The van der Waals surface area contributed by atoms with Gasteiger partial charge in [-0.3, -0.25) is 9.59 Å². The normalized spacial score (nSPS) is 16.5. The maximum absolute atomic E-state index is 12.9. The summed E-state index contributed by atoms with van der Waals surface area (Å²) in [7, 11) is 1.80. The lowest BCUT2D eigenvalue weighted by atomic mass is 9.83. The molecule has 0 saturated carbocycles. The quantitative estimate of drug-likeness (QED) is 0.0465. The number of hydrogen-bond donors (Lipinski definition) is 0. The number of likely N-dealkylation sites (tertiary alicyclic amines) is 1. The van der Waals surface area contributed by atoms with E-state index in [1.165, 1.54) is 161 Å². The van der Waals surface area contributed by atoms with Crippen molar-refractivity contribution in [2.24, 2.45) is 11.8 Å². The van der Waals surface area contributed by atoms with E-state index in [2.05, 4.69) is 25.7 Å². The van der Waals surface area contributed by atoms with Crippen molar-refractivity contribution >= 4 is 11.9 Å². The molecule has 0 aromatic rings. The lowest BCUT2D eigenvalue weighted by Gasteiger charge is -2.38. The number of unbranched alkanes of at least 4 members (excludes halogenated alkanes) is 20. The smallest absolute Gasteiger partial charge is 0.306 e. The summed E-state index contributed by atoms with van der Waals surface area (Å²) >= 11 is 0. The average molecular weight is 736 g/mol. The molecule has 0 spiro atoms. The van der Waals surface area contributed by atoms with E-state index < -0.39 is 0 Å². The molecule has 1 rings (SSSR count). The third-order valence-corrected chi connectivity index (χ3v) is 11.4. The Kier molecular flexibility index (Phi) is 34.6. The molecule has 0 N–H and O–H groups in total. The molecule has 308 valence electrons. The van der Waals surface area contributed by atoms with Crippen LogP contribution in [0, 0.1) is 11.8 Å². The summed E-state index contributed by atoms with van der Waals surface area (Å²) in [5.74, 6) is 1.48. The molecule has 1 fully saturated rings. The van der Waals surface area contributed by atoms with Crippen molar-refractivity contribution in [1.29, 1.82) is 0 Å². The number of methoxy groups -OCH3 is 1. The summed E-state index contributed by atoms with van der Waals surface area (Å²) < 4.78 is 17.0. The first kappa shape index (κ1) is 48.9. The van der Waals surface area contributed by atoms with Gasteiger partial charge in [-0.25, -0.2) is 0 Å². The first-order valence-electron chi connectivity index (χ1n) is 23.1. The van der Waals surface area contributed by atoms with Gasteiger partial charge in [0.25, 0.3) is 0 Å². The fourth-order valence-electron chi connectivity index (χ4n) is 8.13. The molecule has 2 atom stereocenters. The molecule has 52 heavy (non-hydrogen) atoms. The van der Waals surface area contributed by atoms with Crippen LogP contribution < -0.4 is 0 Å². The molecule has 6 nitrogen and oxygen atoms in total. The minimum absolute atomic E-state index is 0.0103. The fourth-order valence-corrected chi connectivity index (χ4v) is 8.13. The second kappa shape index (κ2) is 36.8. The van der Waals surface area contributed by atoms with Gasteiger partial charge in [-0.15, -0.1) is 0 Å². The number of hydrogen-bond acceptors (Lipinski definition) is 6. The van der Waals surface area contributed by atoms with Crippen LogP contribution in [0.25, 0.3) is 0 Å². The number of carbonyl (C=O) groups is 2. The molecule has 1 aliphatic rings. The molecule has 1 aliphatic heterocycles. The van der Waals surface area contributed by atoms with Crippen LogP contribution in [0.15, 0.2) is 0 Å². The Morgan fingerprint density at radius 2 is 0.981 bits per heavy atom. The number of esters is 2. The van der Waals surface area contributed by atoms with E-state index in [0.717, 1.165) is 69.9 Å². The zero-order chi connectivity index (χ0) is 37.7. The molecule has 0 radical (unpaired) electrons. The number of nitrogens with zero attached hydrogens (tertiary/aromatic N) is 1. The van der Waals surface area contributed by atoms with E-state index in [1.807, 2.05) is 0 Å².